The Morgan fingerprint density at radius 2 is 2.06 bits per heavy atom. The summed E-state index contributed by atoms with van der Waals surface area (Å²) in [6.45, 7) is 5.28. The minimum absolute atomic E-state index is 0.341. The molecular weight excluding hydrogens is 210 g/mol. The summed E-state index contributed by atoms with van der Waals surface area (Å²) in [7, 11) is 1.82. The number of hydrogen-bond donors (Lipinski definition) is 1. The molecule has 1 aliphatic heterocycles. The van der Waals surface area contributed by atoms with E-state index in [1.165, 1.54) is 24.0 Å². The molecule has 0 bridgehead atoms. The topological polar surface area (TPSA) is 21.3 Å². The summed E-state index contributed by atoms with van der Waals surface area (Å²) >= 11 is 0. The molecule has 1 aromatic carbocycles. The van der Waals surface area contributed by atoms with Crippen LogP contribution in [0.4, 0.5) is 0 Å². The number of piperidine rings is 1. The van der Waals surface area contributed by atoms with E-state index in [2.05, 4.69) is 36.5 Å². The minimum Gasteiger partial charge on any atom is -0.384 e. The van der Waals surface area contributed by atoms with Crippen molar-refractivity contribution in [3.8, 4) is 0 Å². The van der Waals surface area contributed by atoms with E-state index in [1.54, 1.807) is 0 Å². The molecule has 2 nitrogen and oxygen atoms in total. The number of ether oxygens (including phenoxy) is 1. The zero-order valence-electron chi connectivity index (χ0n) is 11.0. The predicted octanol–water partition coefficient (Wildman–Crippen LogP) is 2.55. The largest absolute Gasteiger partial charge is 0.384 e. The second-order valence-corrected chi connectivity index (χ2v) is 5.35. The fraction of sp³-hybridized carbons (Fsp3) is 0.600. The van der Waals surface area contributed by atoms with Crippen LogP contribution in [0.2, 0.25) is 0 Å². The van der Waals surface area contributed by atoms with Crippen LogP contribution >= 0.6 is 0 Å². The summed E-state index contributed by atoms with van der Waals surface area (Å²) in [5.41, 5.74) is 3.14. The minimum atomic E-state index is 0.341. The number of aryl methyl sites for hydroxylation is 1. The molecule has 0 saturated carbocycles. The van der Waals surface area contributed by atoms with Gasteiger partial charge in [0.05, 0.1) is 6.61 Å². The second-order valence-electron chi connectivity index (χ2n) is 5.35. The average Bonchev–Trinajstić information content (AvgIpc) is 2.30. The maximum Gasteiger partial charge on any atom is 0.0522 e. The Morgan fingerprint density at radius 3 is 2.71 bits per heavy atom. The highest BCUT2D eigenvalue weighted by atomic mass is 16.5. The van der Waals surface area contributed by atoms with Crippen molar-refractivity contribution in [2.24, 2.45) is 5.41 Å². The van der Waals surface area contributed by atoms with Gasteiger partial charge in [-0.1, -0.05) is 29.8 Å². The van der Waals surface area contributed by atoms with Crippen molar-refractivity contribution >= 4 is 0 Å². The molecule has 94 valence electrons. The SMILES string of the molecule is COCC1(Cc2cccc(C)c2)CCNCC1. The van der Waals surface area contributed by atoms with E-state index in [-0.39, 0.29) is 0 Å². The van der Waals surface area contributed by atoms with Gasteiger partial charge in [0.25, 0.3) is 0 Å². The van der Waals surface area contributed by atoms with Gasteiger partial charge in [0.15, 0.2) is 0 Å². The van der Waals surface area contributed by atoms with Crippen LogP contribution in [0.5, 0.6) is 0 Å². The number of methoxy groups -OCH3 is 1. The molecule has 17 heavy (non-hydrogen) atoms. The van der Waals surface area contributed by atoms with Crippen molar-refractivity contribution in [1.82, 2.24) is 5.32 Å². The van der Waals surface area contributed by atoms with Crippen molar-refractivity contribution in [1.29, 1.82) is 0 Å². The molecule has 1 heterocycles. The first-order chi connectivity index (χ1) is 8.24. The lowest BCUT2D eigenvalue weighted by atomic mass is 9.75. The van der Waals surface area contributed by atoms with Crippen LogP contribution in [0, 0.1) is 12.3 Å². The average molecular weight is 233 g/mol. The molecule has 1 fully saturated rings. The van der Waals surface area contributed by atoms with Gasteiger partial charge < -0.3 is 10.1 Å². The van der Waals surface area contributed by atoms with Gasteiger partial charge in [0, 0.05) is 12.5 Å². The lowest BCUT2D eigenvalue weighted by Gasteiger charge is -2.37. The first-order valence-corrected chi connectivity index (χ1v) is 6.49. The maximum absolute atomic E-state index is 5.46. The molecule has 2 heteroatoms. The van der Waals surface area contributed by atoms with E-state index in [0.29, 0.717) is 5.41 Å². The van der Waals surface area contributed by atoms with E-state index in [0.717, 1.165) is 26.1 Å². The van der Waals surface area contributed by atoms with Crippen molar-refractivity contribution in [2.75, 3.05) is 26.8 Å². The first-order valence-electron chi connectivity index (χ1n) is 6.49. The molecule has 1 N–H and O–H groups in total. The molecule has 0 radical (unpaired) electrons. The summed E-state index contributed by atoms with van der Waals surface area (Å²) in [6.07, 6.45) is 3.58. The molecule has 0 spiro atoms. The van der Waals surface area contributed by atoms with Crippen molar-refractivity contribution in [3.05, 3.63) is 35.4 Å². The first kappa shape index (κ1) is 12.6. The molecule has 0 aliphatic carbocycles. The molecule has 1 saturated heterocycles. The van der Waals surface area contributed by atoms with E-state index >= 15 is 0 Å². The van der Waals surface area contributed by atoms with E-state index in [9.17, 15) is 0 Å². The van der Waals surface area contributed by atoms with Crippen LogP contribution in [0.25, 0.3) is 0 Å². The van der Waals surface area contributed by atoms with Gasteiger partial charge in [-0.25, -0.2) is 0 Å². The Balaban J connectivity index is 2.11. The van der Waals surface area contributed by atoms with Crippen LogP contribution in [0.1, 0.15) is 24.0 Å². The predicted molar refractivity (Wildman–Crippen MR) is 71.3 cm³/mol. The number of rotatable bonds is 4. The highest BCUT2D eigenvalue weighted by Gasteiger charge is 2.32. The van der Waals surface area contributed by atoms with Gasteiger partial charge in [-0.15, -0.1) is 0 Å². The van der Waals surface area contributed by atoms with Gasteiger partial charge >= 0.3 is 0 Å². The molecule has 0 unspecified atom stereocenters. The standard InChI is InChI=1S/C15H23NO/c1-13-4-3-5-14(10-13)11-15(12-17-2)6-8-16-9-7-15/h3-5,10,16H,6-9,11-12H2,1-2H3. The van der Waals surface area contributed by atoms with Gasteiger partial charge in [-0.3, -0.25) is 0 Å². The Morgan fingerprint density at radius 1 is 1.29 bits per heavy atom. The van der Waals surface area contributed by atoms with Crippen LogP contribution in [-0.2, 0) is 11.2 Å². The smallest absolute Gasteiger partial charge is 0.0522 e. The fourth-order valence-corrected chi connectivity index (χ4v) is 2.89. The Bertz CT molecular complexity index is 350. The number of nitrogens with one attached hydrogen (secondary N) is 1. The summed E-state index contributed by atoms with van der Waals surface area (Å²) in [4.78, 5) is 0. The number of hydrogen-bond acceptors (Lipinski definition) is 2. The van der Waals surface area contributed by atoms with Gasteiger partial charge in [-0.2, -0.15) is 0 Å². The lowest BCUT2D eigenvalue weighted by Crippen LogP contribution is -2.41. The van der Waals surface area contributed by atoms with Crippen molar-refractivity contribution < 1.29 is 4.74 Å². The summed E-state index contributed by atoms with van der Waals surface area (Å²) in [5.74, 6) is 0. The molecule has 0 amide bonds. The van der Waals surface area contributed by atoms with E-state index in [4.69, 9.17) is 4.74 Å². The van der Waals surface area contributed by atoms with Gasteiger partial charge in [0.2, 0.25) is 0 Å². The molecule has 0 atom stereocenters. The Hall–Kier alpha value is -0.860. The number of benzene rings is 1. The van der Waals surface area contributed by atoms with Gasteiger partial charge in [-0.05, 0) is 44.8 Å². The molecule has 2 rings (SSSR count). The van der Waals surface area contributed by atoms with E-state index < -0.39 is 0 Å². The highest BCUT2D eigenvalue weighted by molar-refractivity contribution is 5.23. The Kier molecular flexibility index (Phi) is 4.19. The molecular formula is C15H23NO. The summed E-state index contributed by atoms with van der Waals surface area (Å²) < 4.78 is 5.46. The monoisotopic (exact) mass is 233 g/mol. The van der Waals surface area contributed by atoms with Crippen LogP contribution in [-0.4, -0.2) is 26.8 Å². The van der Waals surface area contributed by atoms with Gasteiger partial charge in [0.1, 0.15) is 0 Å². The van der Waals surface area contributed by atoms with Crippen molar-refractivity contribution in [2.45, 2.75) is 26.2 Å². The third kappa shape index (κ3) is 3.30. The van der Waals surface area contributed by atoms with Crippen molar-refractivity contribution in [3.63, 3.8) is 0 Å². The summed E-state index contributed by atoms with van der Waals surface area (Å²) in [5, 5.41) is 3.44. The fourth-order valence-electron chi connectivity index (χ4n) is 2.89. The second kappa shape index (κ2) is 5.65. The zero-order valence-corrected chi connectivity index (χ0v) is 11.0. The third-order valence-electron chi connectivity index (χ3n) is 3.78. The normalized spacial score (nSPS) is 19.2. The van der Waals surface area contributed by atoms with Crippen LogP contribution < -0.4 is 5.32 Å². The zero-order chi connectivity index (χ0) is 12.1. The molecule has 1 aliphatic rings. The van der Waals surface area contributed by atoms with E-state index in [1.807, 2.05) is 7.11 Å². The quantitative estimate of drug-likeness (QED) is 0.863. The summed E-state index contributed by atoms with van der Waals surface area (Å²) in [6, 6.07) is 8.87. The van der Waals surface area contributed by atoms with Crippen LogP contribution in [0.15, 0.2) is 24.3 Å². The lowest BCUT2D eigenvalue weighted by molar-refractivity contribution is 0.0540. The highest BCUT2D eigenvalue weighted by Crippen LogP contribution is 2.33. The third-order valence-corrected chi connectivity index (χ3v) is 3.78. The molecule has 0 aromatic heterocycles. The van der Waals surface area contributed by atoms with Crippen LogP contribution in [0.3, 0.4) is 0 Å². The Labute approximate surface area is 104 Å². The maximum atomic E-state index is 5.46. The molecule has 1 aromatic rings.